The molecular formula is C46H35N. The summed E-state index contributed by atoms with van der Waals surface area (Å²) in [5.74, 6) is 3.71. The van der Waals surface area contributed by atoms with E-state index >= 15 is 0 Å². The Morgan fingerprint density at radius 3 is 2.06 bits per heavy atom. The number of rotatable bonds is 3. The Morgan fingerprint density at radius 1 is 0.489 bits per heavy atom. The van der Waals surface area contributed by atoms with Crippen LogP contribution in [0, 0.1) is 29.1 Å². The molecule has 1 heterocycles. The third-order valence-electron chi connectivity index (χ3n) is 13.9. The molecule has 2 spiro atoms. The number of aromatic nitrogens is 1. The van der Waals surface area contributed by atoms with Crippen LogP contribution >= 0.6 is 0 Å². The van der Waals surface area contributed by atoms with Crippen LogP contribution in [0.25, 0.3) is 60.9 Å². The van der Waals surface area contributed by atoms with Gasteiger partial charge in [0.2, 0.25) is 0 Å². The van der Waals surface area contributed by atoms with Gasteiger partial charge >= 0.3 is 0 Å². The van der Waals surface area contributed by atoms with Gasteiger partial charge in [-0.1, -0.05) is 109 Å². The van der Waals surface area contributed by atoms with E-state index in [1.807, 2.05) is 0 Å². The van der Waals surface area contributed by atoms with Crippen molar-refractivity contribution in [3.05, 3.63) is 151 Å². The number of para-hydroxylation sites is 1. The fraction of sp³-hybridized carbons (Fsp3) is 0.217. The van der Waals surface area contributed by atoms with Crippen molar-refractivity contribution in [2.75, 3.05) is 0 Å². The second-order valence-corrected chi connectivity index (χ2v) is 15.4. The minimum Gasteiger partial charge on any atom is -0.309 e. The molecule has 0 amide bonds. The minimum absolute atomic E-state index is 0.262. The lowest BCUT2D eigenvalue weighted by molar-refractivity contribution is -0.231. The lowest BCUT2D eigenvalue weighted by atomic mass is 9.27. The standard InChI is InChI=1S/C46H35N/c1-2-8-29(9-3-1)30-14-18-34(19-15-30)47-41-13-7-5-11-36(41)37-20-16-32(25-42(37)47)31-17-21-40-38(24-31)35-10-4-6-12-39(35)46(40)43-23-28-22-33-26-44(46)45(33,43)27-28/h1-21,24-25,28,33,43-44H,22-23,26-27H2. The maximum atomic E-state index is 2.55. The molecule has 1 aromatic heterocycles. The molecular weight excluding hydrogens is 567 g/mol. The Hall–Kier alpha value is -4.88. The number of benzene rings is 6. The molecule has 6 aromatic carbocycles. The Balaban J connectivity index is 1.01. The lowest BCUT2D eigenvalue weighted by Gasteiger charge is -2.76. The summed E-state index contributed by atoms with van der Waals surface area (Å²) < 4.78 is 2.45. The molecule has 0 saturated heterocycles. The topological polar surface area (TPSA) is 4.93 Å². The van der Waals surface area contributed by atoms with E-state index in [1.54, 1.807) is 11.1 Å². The van der Waals surface area contributed by atoms with Crippen LogP contribution in [0.5, 0.6) is 0 Å². The summed E-state index contributed by atoms with van der Waals surface area (Å²) in [6, 6.07) is 52.8. The van der Waals surface area contributed by atoms with E-state index in [4.69, 9.17) is 0 Å². The minimum atomic E-state index is 0.262. The van der Waals surface area contributed by atoms with E-state index < -0.39 is 0 Å². The predicted molar refractivity (Wildman–Crippen MR) is 193 cm³/mol. The predicted octanol–water partition coefficient (Wildman–Crippen LogP) is 11.5. The van der Waals surface area contributed by atoms with Crippen molar-refractivity contribution >= 4 is 21.8 Å². The van der Waals surface area contributed by atoms with E-state index in [0.717, 1.165) is 23.7 Å². The fourth-order valence-electron chi connectivity index (χ4n) is 12.4. The molecule has 224 valence electrons. The molecule has 4 fully saturated rings. The molecule has 4 saturated carbocycles. The van der Waals surface area contributed by atoms with Gasteiger partial charge in [0.15, 0.2) is 0 Å². The van der Waals surface area contributed by atoms with Crippen LogP contribution in [-0.2, 0) is 5.41 Å². The highest BCUT2D eigenvalue weighted by atomic mass is 15.0. The zero-order chi connectivity index (χ0) is 30.5. The third-order valence-corrected chi connectivity index (χ3v) is 13.9. The smallest absolute Gasteiger partial charge is 0.0547 e. The van der Waals surface area contributed by atoms with Gasteiger partial charge in [0.25, 0.3) is 0 Å². The van der Waals surface area contributed by atoms with Crippen molar-refractivity contribution < 1.29 is 0 Å². The SMILES string of the molecule is c1ccc(-c2ccc(-n3c4ccccc4c4ccc(-c5ccc6c(c5)-c5ccccc5C65C6CC7CC8CC5C86C7)cc43)cc2)cc1. The van der Waals surface area contributed by atoms with Gasteiger partial charge in [0.1, 0.15) is 0 Å². The molecule has 0 radical (unpaired) electrons. The summed E-state index contributed by atoms with van der Waals surface area (Å²) in [7, 11) is 0. The van der Waals surface area contributed by atoms with E-state index in [-0.39, 0.29) is 5.41 Å². The Bertz CT molecular complexity index is 2450. The molecule has 12 rings (SSSR count). The van der Waals surface area contributed by atoms with Crippen molar-refractivity contribution in [3.8, 4) is 39.1 Å². The van der Waals surface area contributed by atoms with Gasteiger partial charge in [0, 0.05) is 21.9 Å². The first-order valence-corrected chi connectivity index (χ1v) is 17.7. The van der Waals surface area contributed by atoms with Crippen LogP contribution in [-0.4, -0.2) is 4.57 Å². The first-order valence-electron chi connectivity index (χ1n) is 17.7. The average Bonchev–Trinajstić information content (AvgIpc) is 3.84. The molecule has 7 aromatic rings. The summed E-state index contributed by atoms with van der Waals surface area (Å²) in [5.41, 5.74) is 16.0. The van der Waals surface area contributed by atoms with Crippen LogP contribution in [0.2, 0.25) is 0 Å². The van der Waals surface area contributed by atoms with Gasteiger partial charge in [-0.25, -0.2) is 0 Å². The fourth-order valence-corrected chi connectivity index (χ4v) is 12.4. The molecule has 0 aliphatic heterocycles. The molecule has 1 nitrogen and oxygen atoms in total. The summed E-state index contributed by atoms with van der Waals surface area (Å²) in [4.78, 5) is 0. The molecule has 5 aliphatic carbocycles. The van der Waals surface area contributed by atoms with Crippen LogP contribution in [0.4, 0.5) is 0 Å². The highest BCUT2D eigenvalue weighted by molar-refractivity contribution is 6.10. The number of fused-ring (bicyclic) bond motifs is 11. The molecule has 2 bridgehead atoms. The summed E-state index contributed by atoms with van der Waals surface area (Å²) in [5, 5.41) is 2.60. The van der Waals surface area contributed by atoms with E-state index in [2.05, 4.69) is 144 Å². The Kier molecular flexibility index (Phi) is 4.58. The van der Waals surface area contributed by atoms with Gasteiger partial charge < -0.3 is 4.57 Å². The first kappa shape index (κ1) is 25.2. The molecule has 6 atom stereocenters. The van der Waals surface area contributed by atoms with Gasteiger partial charge in [0.05, 0.1) is 11.0 Å². The zero-order valence-electron chi connectivity index (χ0n) is 26.4. The zero-order valence-corrected chi connectivity index (χ0v) is 26.4. The number of hydrogen-bond acceptors (Lipinski definition) is 0. The van der Waals surface area contributed by atoms with Gasteiger partial charge in [-0.3, -0.25) is 0 Å². The maximum Gasteiger partial charge on any atom is 0.0547 e. The Labute approximate surface area is 275 Å². The van der Waals surface area contributed by atoms with Crippen LogP contribution in [0.15, 0.2) is 140 Å². The van der Waals surface area contributed by atoms with Crippen molar-refractivity contribution in [1.82, 2.24) is 4.57 Å². The summed E-state index contributed by atoms with van der Waals surface area (Å²) >= 11 is 0. The summed E-state index contributed by atoms with van der Waals surface area (Å²) in [6.07, 6.45) is 5.95. The van der Waals surface area contributed by atoms with E-state index in [0.29, 0.717) is 5.41 Å². The van der Waals surface area contributed by atoms with E-state index in [9.17, 15) is 0 Å². The molecule has 47 heavy (non-hydrogen) atoms. The largest absolute Gasteiger partial charge is 0.309 e. The van der Waals surface area contributed by atoms with Crippen LogP contribution in [0.1, 0.15) is 36.8 Å². The van der Waals surface area contributed by atoms with Crippen molar-refractivity contribution in [1.29, 1.82) is 0 Å². The maximum absolute atomic E-state index is 2.55. The highest BCUT2D eigenvalue weighted by Crippen LogP contribution is 2.89. The number of nitrogens with zero attached hydrogens (tertiary/aromatic N) is 1. The summed E-state index contributed by atoms with van der Waals surface area (Å²) in [6.45, 7) is 0. The lowest BCUT2D eigenvalue weighted by Crippen LogP contribution is -2.73. The van der Waals surface area contributed by atoms with Gasteiger partial charge in [-0.15, -0.1) is 0 Å². The molecule has 6 unspecified atom stereocenters. The van der Waals surface area contributed by atoms with E-state index in [1.165, 1.54) is 86.6 Å². The normalized spacial score (nSPS) is 28.7. The van der Waals surface area contributed by atoms with Crippen LogP contribution in [0.3, 0.4) is 0 Å². The second kappa shape index (κ2) is 8.52. The van der Waals surface area contributed by atoms with Crippen molar-refractivity contribution in [2.24, 2.45) is 29.1 Å². The monoisotopic (exact) mass is 601 g/mol. The molecule has 1 heteroatoms. The molecule has 5 aliphatic rings. The van der Waals surface area contributed by atoms with Gasteiger partial charge in [-0.05, 0) is 130 Å². The first-order chi connectivity index (χ1) is 23.2. The Morgan fingerprint density at radius 2 is 1.17 bits per heavy atom. The van der Waals surface area contributed by atoms with Crippen LogP contribution < -0.4 is 0 Å². The molecule has 0 N–H and O–H groups in total. The van der Waals surface area contributed by atoms with Crippen molar-refractivity contribution in [3.63, 3.8) is 0 Å². The van der Waals surface area contributed by atoms with Gasteiger partial charge in [-0.2, -0.15) is 0 Å². The quantitative estimate of drug-likeness (QED) is 0.190. The second-order valence-electron chi connectivity index (χ2n) is 15.4. The van der Waals surface area contributed by atoms with Crippen molar-refractivity contribution in [2.45, 2.75) is 31.1 Å². The average molecular weight is 602 g/mol. The highest BCUT2D eigenvalue weighted by Gasteiger charge is 2.84. The number of hydrogen-bond donors (Lipinski definition) is 0. The third kappa shape index (κ3) is 2.87.